The number of nitrogens with zero attached hydrogens (tertiary/aromatic N) is 3. The lowest BCUT2D eigenvalue weighted by Crippen LogP contribution is -2.37. The predicted octanol–water partition coefficient (Wildman–Crippen LogP) is -0.0878. The van der Waals surface area contributed by atoms with Gasteiger partial charge in [0.25, 0.3) is 0 Å². The van der Waals surface area contributed by atoms with Crippen LogP contribution in [0.2, 0.25) is 0 Å². The van der Waals surface area contributed by atoms with Gasteiger partial charge in [-0.1, -0.05) is 0 Å². The van der Waals surface area contributed by atoms with Crippen molar-refractivity contribution in [1.29, 1.82) is 0 Å². The first-order valence-electron chi connectivity index (χ1n) is 5.50. The molecule has 0 aromatic carbocycles. The van der Waals surface area contributed by atoms with Crippen LogP contribution in [0.15, 0.2) is 6.33 Å². The first-order chi connectivity index (χ1) is 7.63. The molecule has 1 rings (SSSR count). The topological polar surface area (TPSA) is 71.8 Å². The lowest BCUT2D eigenvalue weighted by Gasteiger charge is -2.09. The number of rotatable bonds is 6. The third kappa shape index (κ3) is 3.98. The van der Waals surface area contributed by atoms with Crippen LogP contribution in [0.3, 0.4) is 0 Å². The van der Waals surface area contributed by atoms with Crippen LogP contribution in [0.1, 0.15) is 26.6 Å². The summed E-state index contributed by atoms with van der Waals surface area (Å²) in [5, 5.41) is 13.6. The van der Waals surface area contributed by atoms with E-state index in [-0.39, 0.29) is 11.9 Å². The molecule has 0 bridgehead atoms. The number of nitrogens with one attached hydrogen (secondary N) is 2. The first kappa shape index (κ1) is 12.6. The van der Waals surface area contributed by atoms with Crippen molar-refractivity contribution in [3.8, 4) is 0 Å². The molecule has 1 heterocycles. The Balaban J connectivity index is 2.28. The smallest absolute Gasteiger partial charge is 0.234 e. The van der Waals surface area contributed by atoms with Crippen molar-refractivity contribution in [3.63, 3.8) is 0 Å². The molecule has 1 aromatic heterocycles. The van der Waals surface area contributed by atoms with E-state index < -0.39 is 0 Å². The van der Waals surface area contributed by atoms with Crippen molar-refractivity contribution in [2.24, 2.45) is 0 Å². The molecule has 0 aliphatic rings. The van der Waals surface area contributed by atoms with Crippen molar-refractivity contribution in [3.05, 3.63) is 12.2 Å². The highest BCUT2D eigenvalue weighted by Gasteiger charge is 2.05. The molecule has 0 aliphatic heterocycles. The maximum atomic E-state index is 11.3. The SMILES string of the molecule is CCn1cnnc1CNCC(=O)NC(C)C. The fourth-order valence-corrected chi connectivity index (χ4v) is 1.34. The number of carbonyl (C=O) groups excluding carboxylic acids is 1. The predicted molar refractivity (Wildman–Crippen MR) is 60.7 cm³/mol. The van der Waals surface area contributed by atoms with Gasteiger partial charge in [0, 0.05) is 12.6 Å². The molecule has 0 aliphatic carbocycles. The van der Waals surface area contributed by atoms with E-state index in [2.05, 4.69) is 20.8 Å². The minimum atomic E-state index is -0.00226. The van der Waals surface area contributed by atoms with Gasteiger partial charge in [-0.15, -0.1) is 10.2 Å². The van der Waals surface area contributed by atoms with E-state index in [1.54, 1.807) is 6.33 Å². The number of hydrogen-bond acceptors (Lipinski definition) is 4. The molecule has 1 amide bonds. The quantitative estimate of drug-likeness (QED) is 0.710. The number of aromatic nitrogens is 3. The Morgan fingerprint density at radius 2 is 2.31 bits per heavy atom. The molecular formula is C10H19N5O. The molecule has 16 heavy (non-hydrogen) atoms. The van der Waals surface area contributed by atoms with Crippen LogP contribution in [-0.4, -0.2) is 33.3 Å². The molecule has 0 unspecified atom stereocenters. The van der Waals surface area contributed by atoms with E-state index in [4.69, 9.17) is 0 Å². The Bertz CT molecular complexity index is 334. The summed E-state index contributed by atoms with van der Waals surface area (Å²) in [6, 6.07) is 0.175. The number of aryl methyl sites for hydroxylation is 1. The number of hydrogen-bond donors (Lipinski definition) is 2. The Labute approximate surface area is 95.4 Å². The van der Waals surface area contributed by atoms with Gasteiger partial charge in [0.1, 0.15) is 12.2 Å². The van der Waals surface area contributed by atoms with Gasteiger partial charge < -0.3 is 15.2 Å². The Kier molecular flexibility index (Phi) is 4.91. The largest absolute Gasteiger partial charge is 0.353 e. The maximum absolute atomic E-state index is 11.3. The fourth-order valence-electron chi connectivity index (χ4n) is 1.34. The van der Waals surface area contributed by atoms with Gasteiger partial charge in [-0.2, -0.15) is 0 Å². The first-order valence-corrected chi connectivity index (χ1v) is 5.50. The molecule has 2 N–H and O–H groups in total. The van der Waals surface area contributed by atoms with E-state index in [9.17, 15) is 4.79 Å². The lowest BCUT2D eigenvalue weighted by molar-refractivity contribution is -0.120. The van der Waals surface area contributed by atoms with Crippen LogP contribution < -0.4 is 10.6 Å². The number of carbonyl (C=O) groups is 1. The van der Waals surface area contributed by atoms with Gasteiger partial charge in [-0.25, -0.2) is 0 Å². The Morgan fingerprint density at radius 1 is 1.56 bits per heavy atom. The van der Waals surface area contributed by atoms with Crippen LogP contribution in [0.25, 0.3) is 0 Å². The second-order valence-electron chi connectivity index (χ2n) is 3.86. The molecule has 90 valence electrons. The van der Waals surface area contributed by atoms with Gasteiger partial charge in [0.2, 0.25) is 5.91 Å². The normalized spacial score (nSPS) is 10.8. The zero-order valence-corrected chi connectivity index (χ0v) is 10.0. The van der Waals surface area contributed by atoms with Crippen LogP contribution in [0, 0.1) is 0 Å². The van der Waals surface area contributed by atoms with E-state index in [0.717, 1.165) is 12.4 Å². The molecule has 0 atom stereocenters. The lowest BCUT2D eigenvalue weighted by atomic mass is 10.4. The molecule has 0 fully saturated rings. The molecular weight excluding hydrogens is 206 g/mol. The van der Waals surface area contributed by atoms with Gasteiger partial charge >= 0.3 is 0 Å². The minimum absolute atomic E-state index is 0.00226. The van der Waals surface area contributed by atoms with Crippen molar-refractivity contribution in [2.75, 3.05) is 6.54 Å². The average Bonchev–Trinajstić information content (AvgIpc) is 2.64. The molecule has 6 heteroatoms. The second kappa shape index (κ2) is 6.22. The maximum Gasteiger partial charge on any atom is 0.234 e. The molecule has 6 nitrogen and oxygen atoms in total. The van der Waals surface area contributed by atoms with Gasteiger partial charge in [-0.3, -0.25) is 4.79 Å². The summed E-state index contributed by atoms with van der Waals surface area (Å²) in [7, 11) is 0. The summed E-state index contributed by atoms with van der Waals surface area (Å²) in [4.78, 5) is 11.3. The van der Waals surface area contributed by atoms with E-state index in [1.165, 1.54) is 0 Å². The van der Waals surface area contributed by atoms with E-state index in [0.29, 0.717) is 13.1 Å². The van der Waals surface area contributed by atoms with Crippen molar-refractivity contribution >= 4 is 5.91 Å². The fraction of sp³-hybridized carbons (Fsp3) is 0.700. The van der Waals surface area contributed by atoms with Gasteiger partial charge in [0.05, 0.1) is 13.1 Å². The minimum Gasteiger partial charge on any atom is -0.353 e. The standard InChI is InChI=1S/C10H19N5O/c1-4-15-7-12-14-9(15)5-11-6-10(16)13-8(2)3/h7-8,11H,4-6H2,1-3H3,(H,13,16). The third-order valence-corrected chi connectivity index (χ3v) is 2.05. The summed E-state index contributed by atoms with van der Waals surface area (Å²) >= 11 is 0. The number of amides is 1. The van der Waals surface area contributed by atoms with Crippen LogP contribution in [-0.2, 0) is 17.9 Å². The monoisotopic (exact) mass is 225 g/mol. The highest BCUT2D eigenvalue weighted by molar-refractivity contribution is 5.78. The van der Waals surface area contributed by atoms with E-state index >= 15 is 0 Å². The van der Waals surface area contributed by atoms with E-state index in [1.807, 2.05) is 25.3 Å². The second-order valence-corrected chi connectivity index (χ2v) is 3.86. The third-order valence-electron chi connectivity index (χ3n) is 2.05. The van der Waals surface area contributed by atoms with Crippen molar-refractivity contribution in [1.82, 2.24) is 25.4 Å². The highest BCUT2D eigenvalue weighted by atomic mass is 16.1. The van der Waals surface area contributed by atoms with Crippen molar-refractivity contribution < 1.29 is 4.79 Å². The Hall–Kier alpha value is -1.43. The zero-order chi connectivity index (χ0) is 12.0. The summed E-state index contributed by atoms with van der Waals surface area (Å²) in [5.74, 6) is 0.845. The zero-order valence-electron chi connectivity index (χ0n) is 10.0. The average molecular weight is 225 g/mol. The van der Waals surface area contributed by atoms with Crippen molar-refractivity contribution in [2.45, 2.75) is 39.9 Å². The van der Waals surface area contributed by atoms with Crippen LogP contribution in [0.4, 0.5) is 0 Å². The molecule has 0 saturated carbocycles. The van der Waals surface area contributed by atoms with Crippen LogP contribution in [0.5, 0.6) is 0 Å². The molecule has 0 radical (unpaired) electrons. The summed E-state index contributed by atoms with van der Waals surface area (Å²) in [6.45, 7) is 7.59. The summed E-state index contributed by atoms with van der Waals surface area (Å²) in [5.41, 5.74) is 0. The summed E-state index contributed by atoms with van der Waals surface area (Å²) < 4.78 is 1.94. The summed E-state index contributed by atoms with van der Waals surface area (Å²) in [6.07, 6.45) is 1.69. The van der Waals surface area contributed by atoms with Gasteiger partial charge in [-0.05, 0) is 20.8 Å². The van der Waals surface area contributed by atoms with Crippen LogP contribution >= 0.6 is 0 Å². The Morgan fingerprint density at radius 3 is 2.94 bits per heavy atom. The highest BCUT2D eigenvalue weighted by Crippen LogP contribution is 1.93. The van der Waals surface area contributed by atoms with Gasteiger partial charge in [0.15, 0.2) is 0 Å². The molecule has 1 aromatic rings. The molecule has 0 spiro atoms. The molecule has 0 saturated heterocycles.